The van der Waals surface area contributed by atoms with E-state index >= 15 is 0 Å². The molecule has 0 amide bonds. The normalized spacial score (nSPS) is 14.5. The van der Waals surface area contributed by atoms with E-state index in [-0.39, 0.29) is 16.2 Å². The molecule has 3 aliphatic carbocycles. The summed E-state index contributed by atoms with van der Waals surface area (Å²) in [7, 11) is 0. The van der Waals surface area contributed by atoms with Crippen LogP contribution >= 0.6 is 0 Å². The lowest BCUT2D eigenvalue weighted by Crippen LogP contribution is -2.18. The largest absolute Gasteiger partial charge is 0.309 e. The fraction of sp³-hybridized carbons (Fsp3) is 0.117. The Morgan fingerprint density at radius 1 is 0.215 bits per heavy atom. The van der Waals surface area contributed by atoms with E-state index in [0.29, 0.717) is 0 Å². The lowest BCUT2D eigenvalue weighted by Gasteiger charge is -2.34. The summed E-state index contributed by atoms with van der Waals surface area (Å²) in [6, 6.07) is 95.9. The Hall–Kier alpha value is -9.24. The Bertz CT molecular complexity index is 4430. The van der Waals surface area contributed by atoms with Crippen molar-refractivity contribution in [2.24, 2.45) is 0 Å². The van der Waals surface area contributed by atoms with Crippen LogP contribution in [0.4, 0.5) is 34.1 Å². The third-order valence-corrected chi connectivity index (χ3v) is 18.2. The van der Waals surface area contributed by atoms with Crippen molar-refractivity contribution in [3.63, 3.8) is 0 Å². The van der Waals surface area contributed by atoms with E-state index in [1.54, 1.807) is 0 Å². The summed E-state index contributed by atoms with van der Waals surface area (Å²) in [6.45, 7) is 14.4. The highest BCUT2D eigenvalue weighted by atomic mass is 15.2. The van der Waals surface area contributed by atoms with Gasteiger partial charge in [-0.05, 0) is 150 Å². The van der Waals surface area contributed by atoms with Gasteiger partial charge in [0.2, 0.25) is 0 Å². The van der Waals surface area contributed by atoms with Crippen molar-refractivity contribution < 1.29 is 0 Å². The molecule has 12 aromatic rings. The molecule has 0 aromatic heterocycles. The van der Waals surface area contributed by atoms with Crippen molar-refractivity contribution in [2.75, 3.05) is 9.80 Å². The maximum absolute atomic E-state index is 2.58. The predicted molar refractivity (Wildman–Crippen MR) is 334 cm³/mol. The average molecular weight is 1010 g/mol. The molecule has 2 nitrogen and oxygen atoms in total. The standard InChI is InChI=1S/C77H60N2/c1-75(2)67-30-18-15-25-57(67)60-43-41-55(45-70(60)75)78(53-37-33-51(34-38-53)49-21-9-7-10-22-49)73-62-28-13-14-29-63(62)74(66-48-72-64(47-65(66)73)59-27-17-20-32-69(59)77(72,5)6)79(54-39-35-52(36-40-54)50-23-11-8-12-24-50)56-42-44-61-58-26-16-19-31-68(58)76(3,4)71(61)46-56/h7-48H,1-6H3. The second-order valence-electron chi connectivity index (χ2n) is 23.7. The second-order valence-corrected chi connectivity index (χ2v) is 23.7. The Balaban J connectivity index is 1.05. The molecule has 0 heterocycles. The molecule has 0 saturated carbocycles. The van der Waals surface area contributed by atoms with Crippen LogP contribution in [-0.2, 0) is 16.2 Å². The van der Waals surface area contributed by atoms with Gasteiger partial charge < -0.3 is 9.80 Å². The third kappa shape index (κ3) is 7.03. The van der Waals surface area contributed by atoms with Crippen LogP contribution in [-0.4, -0.2) is 0 Å². The monoisotopic (exact) mass is 1010 g/mol. The van der Waals surface area contributed by atoms with Gasteiger partial charge in [-0.25, -0.2) is 0 Å². The Labute approximate surface area is 464 Å². The number of fused-ring (bicyclic) bond motifs is 11. The van der Waals surface area contributed by atoms with E-state index in [2.05, 4.69) is 306 Å². The molecule has 0 aliphatic heterocycles. The first-order chi connectivity index (χ1) is 38.5. The van der Waals surface area contributed by atoms with E-state index < -0.39 is 0 Å². The van der Waals surface area contributed by atoms with Gasteiger partial charge in [-0.3, -0.25) is 0 Å². The first-order valence-corrected chi connectivity index (χ1v) is 28.0. The Morgan fingerprint density at radius 3 is 0.937 bits per heavy atom. The number of benzene rings is 12. The zero-order valence-corrected chi connectivity index (χ0v) is 45.6. The second kappa shape index (κ2) is 17.4. The van der Waals surface area contributed by atoms with E-state index in [9.17, 15) is 0 Å². The average Bonchev–Trinajstić information content (AvgIpc) is 4.24. The van der Waals surface area contributed by atoms with Crippen LogP contribution in [0.5, 0.6) is 0 Å². The van der Waals surface area contributed by atoms with Crippen LogP contribution in [0.2, 0.25) is 0 Å². The van der Waals surface area contributed by atoms with Crippen molar-refractivity contribution in [2.45, 2.75) is 57.8 Å². The van der Waals surface area contributed by atoms with Gasteiger partial charge in [0, 0.05) is 60.5 Å². The molecule has 0 atom stereocenters. The first-order valence-electron chi connectivity index (χ1n) is 28.0. The molecule has 0 saturated heterocycles. The minimum Gasteiger partial charge on any atom is -0.309 e. The molecule has 0 unspecified atom stereocenters. The summed E-state index contributed by atoms with van der Waals surface area (Å²) in [4.78, 5) is 5.16. The number of anilines is 6. The minimum absolute atomic E-state index is 0.197. The summed E-state index contributed by atoms with van der Waals surface area (Å²) in [5.74, 6) is 0. The highest BCUT2D eigenvalue weighted by molar-refractivity contribution is 6.24. The van der Waals surface area contributed by atoms with Crippen molar-refractivity contribution in [1.29, 1.82) is 0 Å². The molecule has 3 aliphatic rings. The fourth-order valence-electron chi connectivity index (χ4n) is 14.2. The SMILES string of the molecule is CC1(C)c2ccccc2-c2ccc(N(c3ccc(-c4ccccc4)cc3)c3c4ccccc4c(N(c4ccc(-c5ccccc5)cc4)c4ccc5c(c4)C(C)(C)c4ccccc4-5)c4cc5c(cc34)-c3ccccc3C5(C)C)cc21. The minimum atomic E-state index is -0.248. The van der Waals surface area contributed by atoms with Crippen molar-refractivity contribution in [1.82, 2.24) is 0 Å². The van der Waals surface area contributed by atoms with Gasteiger partial charge in [-0.15, -0.1) is 0 Å². The van der Waals surface area contributed by atoms with Gasteiger partial charge in [-0.1, -0.05) is 236 Å². The summed E-state index contributed by atoms with van der Waals surface area (Å²) >= 11 is 0. The van der Waals surface area contributed by atoms with Crippen LogP contribution in [0.3, 0.4) is 0 Å². The highest BCUT2D eigenvalue weighted by Gasteiger charge is 2.40. The van der Waals surface area contributed by atoms with Crippen LogP contribution < -0.4 is 9.80 Å². The van der Waals surface area contributed by atoms with Crippen LogP contribution in [0.25, 0.3) is 77.2 Å². The predicted octanol–water partition coefficient (Wildman–Crippen LogP) is 21.2. The number of nitrogens with zero attached hydrogens (tertiary/aromatic N) is 2. The van der Waals surface area contributed by atoms with Crippen LogP contribution in [0, 0.1) is 0 Å². The van der Waals surface area contributed by atoms with Crippen LogP contribution in [0.1, 0.15) is 74.9 Å². The van der Waals surface area contributed by atoms with Crippen molar-refractivity contribution >= 4 is 55.7 Å². The lowest BCUT2D eigenvalue weighted by molar-refractivity contribution is 0.660. The Morgan fingerprint density at radius 2 is 0.519 bits per heavy atom. The van der Waals surface area contributed by atoms with Gasteiger partial charge in [0.25, 0.3) is 0 Å². The molecular formula is C77H60N2. The molecule has 79 heavy (non-hydrogen) atoms. The van der Waals surface area contributed by atoms with Gasteiger partial charge in [-0.2, -0.15) is 0 Å². The summed E-state index contributed by atoms with van der Waals surface area (Å²) < 4.78 is 0. The molecule has 0 spiro atoms. The molecular weight excluding hydrogens is 953 g/mol. The molecule has 12 aromatic carbocycles. The molecule has 0 N–H and O–H groups in total. The van der Waals surface area contributed by atoms with Crippen LogP contribution in [0.15, 0.2) is 255 Å². The topological polar surface area (TPSA) is 6.48 Å². The zero-order chi connectivity index (χ0) is 53.4. The third-order valence-electron chi connectivity index (χ3n) is 18.2. The lowest BCUT2D eigenvalue weighted by atomic mass is 9.81. The summed E-state index contributed by atoms with van der Waals surface area (Å²) in [5.41, 5.74) is 26.9. The fourth-order valence-corrected chi connectivity index (χ4v) is 14.2. The first kappa shape index (κ1) is 47.0. The molecule has 0 bridgehead atoms. The molecule has 0 fully saturated rings. The van der Waals surface area contributed by atoms with E-state index in [0.717, 1.165) is 34.1 Å². The van der Waals surface area contributed by atoms with E-state index in [4.69, 9.17) is 0 Å². The maximum atomic E-state index is 2.58. The van der Waals surface area contributed by atoms with Gasteiger partial charge in [0.1, 0.15) is 0 Å². The van der Waals surface area contributed by atoms with E-state index in [1.807, 2.05) is 0 Å². The summed E-state index contributed by atoms with van der Waals surface area (Å²) in [6.07, 6.45) is 0. The summed E-state index contributed by atoms with van der Waals surface area (Å²) in [5, 5.41) is 4.73. The molecule has 2 heteroatoms. The van der Waals surface area contributed by atoms with Gasteiger partial charge in [0.15, 0.2) is 0 Å². The van der Waals surface area contributed by atoms with Crippen molar-refractivity contribution in [3.05, 3.63) is 288 Å². The number of hydrogen-bond donors (Lipinski definition) is 0. The zero-order valence-electron chi connectivity index (χ0n) is 45.6. The molecule has 0 radical (unpaired) electrons. The Kier molecular flexibility index (Phi) is 10.3. The maximum Gasteiger partial charge on any atom is 0.0620 e. The smallest absolute Gasteiger partial charge is 0.0620 e. The van der Waals surface area contributed by atoms with Gasteiger partial charge in [0.05, 0.1) is 11.4 Å². The van der Waals surface area contributed by atoms with E-state index in [1.165, 1.54) is 111 Å². The van der Waals surface area contributed by atoms with Crippen molar-refractivity contribution in [3.8, 4) is 55.6 Å². The molecule has 378 valence electrons. The molecule has 15 rings (SSSR count). The number of hydrogen-bond acceptors (Lipinski definition) is 2. The number of rotatable bonds is 8. The van der Waals surface area contributed by atoms with Gasteiger partial charge >= 0.3 is 0 Å². The quantitative estimate of drug-likeness (QED) is 0.111. The highest BCUT2D eigenvalue weighted by Crippen LogP contribution is 2.59.